The van der Waals surface area contributed by atoms with Crippen molar-refractivity contribution in [2.75, 3.05) is 0 Å². The Kier molecular flexibility index (Phi) is 4.13. The number of rotatable bonds is 5. The number of nitrogens with one attached hydrogen (secondary N) is 1. The number of hydrogen-bond acceptors (Lipinski definition) is 3. The Hall–Kier alpha value is -1.58. The molecule has 0 aliphatic heterocycles. The van der Waals surface area contributed by atoms with E-state index in [-0.39, 0.29) is 6.04 Å². The van der Waals surface area contributed by atoms with Crippen LogP contribution in [-0.4, -0.2) is 11.1 Å². The number of benzene rings is 1. The van der Waals surface area contributed by atoms with Crippen molar-refractivity contribution >= 4 is 0 Å². The molecule has 0 bridgehead atoms. The highest BCUT2D eigenvalue weighted by Gasteiger charge is 2.24. The predicted molar refractivity (Wildman–Crippen MR) is 83.1 cm³/mol. The summed E-state index contributed by atoms with van der Waals surface area (Å²) in [6.07, 6.45) is 4.00. The molecule has 1 aliphatic rings. The smallest absolute Gasteiger partial charge is 0.132 e. The largest absolute Gasteiger partial charge is 0.467 e. The average molecular weight is 285 g/mol. The van der Waals surface area contributed by atoms with Gasteiger partial charge in [-0.15, -0.1) is 0 Å². The van der Waals surface area contributed by atoms with Crippen LogP contribution in [0.3, 0.4) is 0 Å². The quantitative estimate of drug-likeness (QED) is 0.881. The van der Waals surface area contributed by atoms with E-state index >= 15 is 0 Å². The molecule has 1 aliphatic carbocycles. The third-order valence-corrected chi connectivity index (χ3v) is 4.31. The first-order valence-corrected chi connectivity index (χ1v) is 7.70. The first-order chi connectivity index (χ1) is 10.1. The van der Waals surface area contributed by atoms with Gasteiger partial charge in [0.1, 0.15) is 11.9 Å². The van der Waals surface area contributed by atoms with Crippen molar-refractivity contribution < 1.29 is 9.52 Å². The molecule has 1 aromatic heterocycles. The molecule has 3 unspecified atom stereocenters. The predicted octanol–water partition coefficient (Wildman–Crippen LogP) is 3.68. The van der Waals surface area contributed by atoms with Gasteiger partial charge in [-0.05, 0) is 56.4 Å². The lowest BCUT2D eigenvalue weighted by Gasteiger charge is -2.22. The summed E-state index contributed by atoms with van der Waals surface area (Å²) in [6.45, 7) is 4.26. The summed E-state index contributed by atoms with van der Waals surface area (Å²) in [5, 5.41) is 13.8. The lowest BCUT2D eigenvalue weighted by molar-refractivity contribution is 0.126. The number of aryl methyl sites for hydroxylation is 2. The third-order valence-electron chi connectivity index (χ3n) is 4.31. The first kappa shape index (κ1) is 14.4. The van der Waals surface area contributed by atoms with E-state index in [1.807, 2.05) is 12.1 Å². The fourth-order valence-corrected chi connectivity index (χ4v) is 3.24. The summed E-state index contributed by atoms with van der Waals surface area (Å²) in [5.74, 6) is 0.645. The van der Waals surface area contributed by atoms with Crippen molar-refractivity contribution in [2.45, 2.75) is 51.3 Å². The van der Waals surface area contributed by atoms with Gasteiger partial charge in [0.2, 0.25) is 0 Å². The molecule has 0 spiro atoms. The summed E-state index contributed by atoms with van der Waals surface area (Å²) < 4.78 is 5.26. The van der Waals surface area contributed by atoms with E-state index in [1.54, 1.807) is 6.26 Å². The Labute approximate surface area is 126 Å². The summed E-state index contributed by atoms with van der Waals surface area (Å²) in [4.78, 5) is 0. The number of furan rings is 1. The van der Waals surface area contributed by atoms with E-state index in [2.05, 4.69) is 37.4 Å². The van der Waals surface area contributed by atoms with Crippen molar-refractivity contribution in [2.24, 2.45) is 0 Å². The molecule has 1 aromatic carbocycles. The standard InChI is InChI=1S/C18H23NO2/c1-12-5-6-14-7-8-16(15(14)10-12)19-13(2)11-17(20)18-4-3-9-21-18/h3-6,9-10,13,16-17,19-20H,7-8,11H2,1-2H3. The summed E-state index contributed by atoms with van der Waals surface area (Å²) >= 11 is 0. The molecule has 0 fully saturated rings. The molecule has 0 saturated heterocycles. The fraction of sp³-hybridized carbons (Fsp3) is 0.444. The van der Waals surface area contributed by atoms with E-state index in [4.69, 9.17) is 4.42 Å². The number of aliphatic hydroxyl groups is 1. The van der Waals surface area contributed by atoms with E-state index in [1.165, 1.54) is 16.7 Å². The number of fused-ring (bicyclic) bond motifs is 1. The summed E-state index contributed by atoms with van der Waals surface area (Å²) in [5.41, 5.74) is 4.19. The molecule has 2 aromatic rings. The zero-order chi connectivity index (χ0) is 14.8. The van der Waals surface area contributed by atoms with Crippen molar-refractivity contribution in [1.82, 2.24) is 5.32 Å². The van der Waals surface area contributed by atoms with Gasteiger partial charge in [-0.25, -0.2) is 0 Å². The van der Waals surface area contributed by atoms with E-state index < -0.39 is 6.10 Å². The second kappa shape index (κ2) is 6.04. The number of aliphatic hydroxyl groups excluding tert-OH is 1. The monoisotopic (exact) mass is 285 g/mol. The van der Waals surface area contributed by atoms with Crippen LogP contribution >= 0.6 is 0 Å². The van der Waals surface area contributed by atoms with Crippen LogP contribution in [-0.2, 0) is 6.42 Å². The van der Waals surface area contributed by atoms with Crippen LogP contribution in [0.2, 0.25) is 0 Å². The van der Waals surface area contributed by atoms with Gasteiger partial charge in [-0.2, -0.15) is 0 Å². The summed E-state index contributed by atoms with van der Waals surface area (Å²) in [6, 6.07) is 11.0. The van der Waals surface area contributed by atoms with Crippen LogP contribution in [0.5, 0.6) is 0 Å². The Morgan fingerprint density at radius 3 is 3.00 bits per heavy atom. The fourth-order valence-electron chi connectivity index (χ4n) is 3.24. The van der Waals surface area contributed by atoms with Crippen LogP contribution in [0.25, 0.3) is 0 Å². The van der Waals surface area contributed by atoms with Gasteiger partial charge in [-0.3, -0.25) is 0 Å². The highest BCUT2D eigenvalue weighted by molar-refractivity contribution is 5.37. The second-order valence-corrected chi connectivity index (χ2v) is 6.13. The third kappa shape index (κ3) is 3.20. The number of hydrogen-bond donors (Lipinski definition) is 2. The van der Waals surface area contributed by atoms with E-state index in [0.717, 1.165) is 12.8 Å². The molecular formula is C18H23NO2. The highest BCUT2D eigenvalue weighted by Crippen LogP contribution is 2.32. The highest BCUT2D eigenvalue weighted by atomic mass is 16.4. The molecule has 0 radical (unpaired) electrons. The molecule has 21 heavy (non-hydrogen) atoms. The maximum Gasteiger partial charge on any atom is 0.132 e. The second-order valence-electron chi connectivity index (χ2n) is 6.13. The minimum Gasteiger partial charge on any atom is -0.467 e. The zero-order valence-corrected chi connectivity index (χ0v) is 12.7. The van der Waals surface area contributed by atoms with Crippen LogP contribution in [0.15, 0.2) is 41.0 Å². The van der Waals surface area contributed by atoms with Gasteiger partial charge in [-0.1, -0.05) is 23.8 Å². The summed E-state index contributed by atoms with van der Waals surface area (Å²) in [7, 11) is 0. The van der Waals surface area contributed by atoms with Crippen molar-refractivity contribution in [3.63, 3.8) is 0 Å². The van der Waals surface area contributed by atoms with Crippen molar-refractivity contribution in [3.8, 4) is 0 Å². The van der Waals surface area contributed by atoms with Crippen LogP contribution < -0.4 is 5.32 Å². The molecule has 0 saturated carbocycles. The topological polar surface area (TPSA) is 45.4 Å². The van der Waals surface area contributed by atoms with Gasteiger partial charge in [0.05, 0.1) is 6.26 Å². The first-order valence-electron chi connectivity index (χ1n) is 7.70. The zero-order valence-electron chi connectivity index (χ0n) is 12.7. The molecule has 1 heterocycles. The molecule has 0 amide bonds. The maximum absolute atomic E-state index is 10.2. The van der Waals surface area contributed by atoms with Gasteiger partial charge in [0.15, 0.2) is 0 Å². The lowest BCUT2D eigenvalue weighted by atomic mass is 10.0. The van der Waals surface area contributed by atoms with Crippen LogP contribution in [0.4, 0.5) is 0 Å². The van der Waals surface area contributed by atoms with Gasteiger partial charge < -0.3 is 14.8 Å². The Morgan fingerprint density at radius 2 is 2.24 bits per heavy atom. The normalized spacial score (nSPS) is 20.2. The molecule has 3 nitrogen and oxygen atoms in total. The molecule has 2 N–H and O–H groups in total. The SMILES string of the molecule is Cc1ccc2c(c1)C(NC(C)CC(O)c1ccco1)CC2. The average Bonchev–Trinajstić information content (AvgIpc) is 3.09. The molecular weight excluding hydrogens is 262 g/mol. The van der Waals surface area contributed by atoms with Crippen LogP contribution in [0, 0.1) is 6.92 Å². The Bertz CT molecular complexity index is 591. The van der Waals surface area contributed by atoms with Crippen LogP contribution in [0.1, 0.15) is 54.4 Å². The van der Waals surface area contributed by atoms with E-state index in [0.29, 0.717) is 18.2 Å². The van der Waals surface area contributed by atoms with Gasteiger partial charge >= 0.3 is 0 Å². The molecule has 3 heteroatoms. The van der Waals surface area contributed by atoms with Crippen molar-refractivity contribution in [3.05, 3.63) is 59.0 Å². The van der Waals surface area contributed by atoms with E-state index in [9.17, 15) is 5.11 Å². The molecule has 112 valence electrons. The minimum atomic E-state index is -0.541. The Balaban J connectivity index is 1.62. The van der Waals surface area contributed by atoms with Gasteiger partial charge in [0.25, 0.3) is 0 Å². The Morgan fingerprint density at radius 1 is 1.38 bits per heavy atom. The molecule has 3 atom stereocenters. The minimum absolute atomic E-state index is 0.238. The maximum atomic E-state index is 10.2. The van der Waals surface area contributed by atoms with Crippen molar-refractivity contribution in [1.29, 1.82) is 0 Å². The lowest BCUT2D eigenvalue weighted by Crippen LogP contribution is -2.30. The van der Waals surface area contributed by atoms with Gasteiger partial charge in [0, 0.05) is 12.1 Å². The molecule has 3 rings (SSSR count).